The maximum atomic E-state index is 13.2. The van der Waals surface area contributed by atoms with Crippen LogP contribution in [0.15, 0.2) is 76.0 Å². The topological polar surface area (TPSA) is 90.5 Å². The van der Waals surface area contributed by atoms with Crippen molar-refractivity contribution in [1.29, 1.82) is 0 Å². The van der Waals surface area contributed by atoms with E-state index in [4.69, 9.17) is 4.74 Å². The van der Waals surface area contributed by atoms with Crippen molar-refractivity contribution in [2.45, 2.75) is 11.7 Å². The molecule has 0 aliphatic rings. The van der Waals surface area contributed by atoms with Crippen molar-refractivity contribution in [2.24, 2.45) is 0 Å². The van der Waals surface area contributed by atoms with Gasteiger partial charge in [-0.15, -0.1) is 21.5 Å². The van der Waals surface area contributed by atoms with Gasteiger partial charge in [0.2, 0.25) is 11.7 Å². The Kier molecular flexibility index (Phi) is 5.84. The predicted molar refractivity (Wildman–Crippen MR) is 131 cm³/mol. The first-order valence-corrected chi connectivity index (χ1v) is 12.0. The molecule has 0 bridgehead atoms. The number of nitrogens with zero attached hydrogens (tertiary/aromatic N) is 4. The zero-order valence-electron chi connectivity index (χ0n) is 17.6. The average Bonchev–Trinajstić information content (AvgIpc) is 3.49. The summed E-state index contributed by atoms with van der Waals surface area (Å²) in [5.41, 5.74) is 2.23. The number of thioether (sulfide) groups is 1. The van der Waals surface area contributed by atoms with E-state index in [0.717, 1.165) is 11.1 Å². The molecule has 1 amide bonds. The van der Waals surface area contributed by atoms with E-state index >= 15 is 0 Å². The quantitative estimate of drug-likeness (QED) is 0.358. The van der Waals surface area contributed by atoms with Gasteiger partial charge < -0.3 is 10.1 Å². The van der Waals surface area contributed by atoms with Crippen LogP contribution in [0.3, 0.4) is 0 Å². The normalized spacial score (nSPS) is 11.2. The van der Waals surface area contributed by atoms with Gasteiger partial charge in [0.1, 0.15) is 10.4 Å². The van der Waals surface area contributed by atoms with Gasteiger partial charge in [-0.05, 0) is 29.1 Å². The van der Waals surface area contributed by atoms with Crippen LogP contribution in [0.1, 0.15) is 5.56 Å². The Labute approximate surface area is 196 Å². The molecule has 5 rings (SSSR count). The molecule has 5 aromatic rings. The molecular formula is C23H19N5O3S2. The van der Waals surface area contributed by atoms with Crippen LogP contribution in [0.25, 0.3) is 16.0 Å². The molecule has 10 heteroatoms. The van der Waals surface area contributed by atoms with Crippen molar-refractivity contribution >= 4 is 50.7 Å². The first kappa shape index (κ1) is 21.2. The number of anilines is 1. The summed E-state index contributed by atoms with van der Waals surface area (Å²) in [5.74, 6) is 0.971. The first-order chi connectivity index (χ1) is 16.2. The molecule has 3 aromatic heterocycles. The van der Waals surface area contributed by atoms with Crippen molar-refractivity contribution in [2.75, 3.05) is 18.2 Å². The summed E-state index contributed by atoms with van der Waals surface area (Å²) < 4.78 is 9.38. The Morgan fingerprint density at radius 1 is 1.09 bits per heavy atom. The number of nitrogens with one attached hydrogen (secondary N) is 1. The van der Waals surface area contributed by atoms with E-state index in [2.05, 4.69) is 15.5 Å². The molecule has 0 fully saturated rings. The number of ether oxygens (including phenoxy) is 1. The van der Waals surface area contributed by atoms with Crippen LogP contribution in [-0.4, -0.2) is 37.9 Å². The van der Waals surface area contributed by atoms with Crippen LogP contribution < -0.4 is 15.6 Å². The second kappa shape index (κ2) is 9.08. The lowest BCUT2D eigenvalue weighted by atomic mass is 10.2. The maximum absolute atomic E-state index is 13.2. The largest absolute Gasteiger partial charge is 0.495 e. The molecule has 0 aliphatic carbocycles. The number of methoxy groups -OCH3 is 1. The van der Waals surface area contributed by atoms with Crippen LogP contribution in [0.5, 0.6) is 5.75 Å². The van der Waals surface area contributed by atoms with Gasteiger partial charge in [-0.3, -0.25) is 18.6 Å². The van der Waals surface area contributed by atoms with Gasteiger partial charge in [0.25, 0.3) is 5.56 Å². The van der Waals surface area contributed by atoms with Gasteiger partial charge in [-0.25, -0.2) is 0 Å². The Balaban J connectivity index is 1.46. The summed E-state index contributed by atoms with van der Waals surface area (Å²) in [6.07, 6.45) is 0. The van der Waals surface area contributed by atoms with E-state index in [9.17, 15) is 9.59 Å². The lowest BCUT2D eigenvalue weighted by molar-refractivity contribution is -0.113. The van der Waals surface area contributed by atoms with Crippen LogP contribution in [0.2, 0.25) is 0 Å². The molecule has 0 aliphatic heterocycles. The van der Waals surface area contributed by atoms with E-state index < -0.39 is 0 Å². The number of rotatable bonds is 7. The molecule has 0 spiro atoms. The van der Waals surface area contributed by atoms with E-state index in [1.807, 2.05) is 58.3 Å². The molecule has 0 atom stereocenters. The predicted octanol–water partition coefficient (Wildman–Crippen LogP) is 3.89. The summed E-state index contributed by atoms with van der Waals surface area (Å²) in [6.45, 7) is 0.383. The smallest absolute Gasteiger partial charge is 0.273 e. The number of carbonyl (C=O) groups excluding carboxylic acids is 1. The molecule has 0 saturated carbocycles. The molecule has 8 nitrogen and oxygen atoms in total. The number of hydrogen-bond acceptors (Lipinski definition) is 7. The Morgan fingerprint density at radius 3 is 2.70 bits per heavy atom. The number of fused-ring (bicyclic) bond motifs is 3. The molecule has 33 heavy (non-hydrogen) atoms. The SMILES string of the molecule is COc1ccccc1NC(=O)CSc1nnc2n(Cc3ccccc3)c(=O)c3sccc3n12. The zero-order chi connectivity index (χ0) is 22.8. The van der Waals surface area contributed by atoms with E-state index in [1.165, 1.54) is 23.1 Å². The highest BCUT2D eigenvalue weighted by Crippen LogP contribution is 2.26. The Hall–Kier alpha value is -3.63. The fourth-order valence-electron chi connectivity index (χ4n) is 3.57. The number of carbonyl (C=O) groups is 1. The summed E-state index contributed by atoms with van der Waals surface area (Å²) in [5, 5.41) is 13.9. The summed E-state index contributed by atoms with van der Waals surface area (Å²) in [4.78, 5) is 25.7. The number of benzene rings is 2. The molecule has 3 heterocycles. The van der Waals surface area contributed by atoms with Gasteiger partial charge in [-0.2, -0.15) is 0 Å². The Morgan fingerprint density at radius 2 is 1.88 bits per heavy atom. The molecular weight excluding hydrogens is 458 g/mol. The maximum Gasteiger partial charge on any atom is 0.273 e. The highest BCUT2D eigenvalue weighted by atomic mass is 32.2. The van der Waals surface area contributed by atoms with Crippen molar-refractivity contribution < 1.29 is 9.53 Å². The van der Waals surface area contributed by atoms with Gasteiger partial charge in [0, 0.05) is 0 Å². The third-order valence-electron chi connectivity index (χ3n) is 5.08. The highest BCUT2D eigenvalue weighted by molar-refractivity contribution is 7.99. The molecule has 0 saturated heterocycles. The minimum Gasteiger partial charge on any atom is -0.495 e. The third kappa shape index (κ3) is 4.10. The minimum absolute atomic E-state index is 0.103. The van der Waals surface area contributed by atoms with Crippen LogP contribution in [0, 0.1) is 0 Å². The fourth-order valence-corrected chi connectivity index (χ4v) is 5.13. The van der Waals surface area contributed by atoms with Gasteiger partial charge in [0.15, 0.2) is 5.16 Å². The lowest BCUT2D eigenvalue weighted by Crippen LogP contribution is -2.23. The van der Waals surface area contributed by atoms with Crippen molar-refractivity contribution in [3.05, 3.63) is 82.0 Å². The summed E-state index contributed by atoms with van der Waals surface area (Å²) in [6, 6.07) is 18.9. The standard InChI is InChI=1S/C23H19N5O3S2/c1-31-18-10-6-5-9-16(18)24-19(29)14-33-23-26-25-22-27(13-15-7-3-2-4-8-15)21(30)20-17(28(22)23)11-12-32-20/h2-12H,13-14H2,1H3,(H,24,29). The third-order valence-corrected chi connectivity index (χ3v) is 6.90. The zero-order valence-corrected chi connectivity index (χ0v) is 19.2. The lowest BCUT2D eigenvalue weighted by Gasteiger charge is -2.10. The van der Waals surface area contributed by atoms with Crippen molar-refractivity contribution in [1.82, 2.24) is 19.2 Å². The number of amides is 1. The number of hydrogen-bond donors (Lipinski definition) is 1. The van der Waals surface area contributed by atoms with Crippen LogP contribution in [-0.2, 0) is 11.3 Å². The molecule has 2 aromatic carbocycles. The summed E-state index contributed by atoms with van der Waals surface area (Å²) in [7, 11) is 1.56. The van der Waals surface area contributed by atoms with Crippen LogP contribution in [0.4, 0.5) is 5.69 Å². The molecule has 1 N–H and O–H groups in total. The van der Waals surface area contributed by atoms with Gasteiger partial charge >= 0.3 is 0 Å². The number of aromatic nitrogens is 4. The average molecular weight is 478 g/mol. The second-order valence-corrected chi connectivity index (χ2v) is 9.03. The van der Waals surface area contributed by atoms with E-state index in [-0.39, 0.29) is 17.2 Å². The number of thiophene rings is 1. The highest BCUT2D eigenvalue weighted by Gasteiger charge is 2.19. The fraction of sp³-hybridized carbons (Fsp3) is 0.130. The molecule has 0 radical (unpaired) electrons. The molecule has 166 valence electrons. The van der Waals surface area contributed by atoms with Gasteiger partial charge in [-0.1, -0.05) is 54.2 Å². The minimum atomic E-state index is -0.194. The van der Waals surface area contributed by atoms with E-state index in [0.29, 0.717) is 33.6 Å². The molecule has 0 unspecified atom stereocenters. The van der Waals surface area contributed by atoms with E-state index in [1.54, 1.807) is 23.8 Å². The second-order valence-electron chi connectivity index (χ2n) is 7.17. The summed E-state index contributed by atoms with van der Waals surface area (Å²) >= 11 is 2.65. The van der Waals surface area contributed by atoms with Gasteiger partial charge in [0.05, 0.1) is 30.6 Å². The van der Waals surface area contributed by atoms with Crippen molar-refractivity contribution in [3.63, 3.8) is 0 Å². The van der Waals surface area contributed by atoms with Crippen LogP contribution >= 0.6 is 23.1 Å². The first-order valence-electron chi connectivity index (χ1n) is 10.1. The number of para-hydroxylation sites is 2. The van der Waals surface area contributed by atoms with Crippen molar-refractivity contribution in [3.8, 4) is 5.75 Å². The monoisotopic (exact) mass is 477 g/mol. The Bertz CT molecular complexity index is 1510.